The first-order valence-corrected chi connectivity index (χ1v) is 8.11. The van der Waals surface area contributed by atoms with Gasteiger partial charge in [-0.05, 0) is 42.8 Å². The summed E-state index contributed by atoms with van der Waals surface area (Å²) < 4.78 is 20.6. The molecule has 0 aliphatic rings. The van der Waals surface area contributed by atoms with E-state index >= 15 is 0 Å². The molecule has 1 heterocycles. The summed E-state index contributed by atoms with van der Waals surface area (Å²) in [6.45, 7) is 1.61. The van der Waals surface area contributed by atoms with Gasteiger partial charge in [0.2, 0.25) is 0 Å². The first kappa shape index (κ1) is 17.9. The molecule has 1 aromatic heterocycles. The molecule has 0 saturated carbocycles. The molecule has 0 spiro atoms. The number of esters is 1. The minimum absolute atomic E-state index is 0.0169. The van der Waals surface area contributed by atoms with E-state index in [1.165, 1.54) is 29.9 Å². The van der Waals surface area contributed by atoms with Crippen LogP contribution in [-0.4, -0.2) is 28.7 Å². The Morgan fingerprint density at radius 3 is 2.65 bits per heavy atom. The van der Waals surface area contributed by atoms with E-state index in [0.29, 0.717) is 16.3 Å². The SMILES string of the molecule is COC(=O)Cc1c(C)n(C(=O)c2cccc(Cl)c2)c2ccc(O)c(F)c12. The maximum atomic E-state index is 14.6. The number of phenolic OH excluding ortho intramolecular Hbond substituents is 1. The predicted octanol–water partition coefficient (Wildman–Crippen LogP) is 3.85. The van der Waals surface area contributed by atoms with Gasteiger partial charge < -0.3 is 9.84 Å². The number of nitrogens with zero attached hydrogens (tertiary/aromatic N) is 1. The second-order valence-corrected chi connectivity index (χ2v) is 6.20. The molecule has 5 nitrogen and oxygen atoms in total. The predicted molar refractivity (Wildman–Crippen MR) is 95.2 cm³/mol. The number of aromatic hydroxyl groups is 1. The van der Waals surface area contributed by atoms with Gasteiger partial charge in [-0.25, -0.2) is 4.39 Å². The molecule has 0 aliphatic heterocycles. The topological polar surface area (TPSA) is 68.5 Å². The second-order valence-electron chi connectivity index (χ2n) is 5.76. The number of methoxy groups -OCH3 is 1. The van der Waals surface area contributed by atoms with Crippen LogP contribution in [0.2, 0.25) is 5.02 Å². The van der Waals surface area contributed by atoms with E-state index in [2.05, 4.69) is 4.74 Å². The first-order valence-electron chi connectivity index (χ1n) is 7.73. The van der Waals surface area contributed by atoms with Gasteiger partial charge in [0.1, 0.15) is 0 Å². The van der Waals surface area contributed by atoms with Crippen molar-refractivity contribution in [1.29, 1.82) is 0 Å². The lowest BCUT2D eigenvalue weighted by molar-refractivity contribution is -0.139. The van der Waals surface area contributed by atoms with Crippen LogP contribution in [0.15, 0.2) is 36.4 Å². The van der Waals surface area contributed by atoms with Gasteiger partial charge in [0.05, 0.1) is 19.0 Å². The molecule has 0 aliphatic carbocycles. The van der Waals surface area contributed by atoms with Crippen LogP contribution in [-0.2, 0) is 16.0 Å². The third-order valence-corrected chi connectivity index (χ3v) is 4.47. The number of hydrogen-bond donors (Lipinski definition) is 1. The zero-order valence-corrected chi connectivity index (χ0v) is 14.8. The Balaban J connectivity index is 2.29. The van der Waals surface area contributed by atoms with Gasteiger partial charge in [0.25, 0.3) is 5.91 Å². The Hall–Kier alpha value is -2.86. The third-order valence-electron chi connectivity index (χ3n) is 4.24. The average molecular weight is 376 g/mol. The number of benzene rings is 2. The summed E-state index contributed by atoms with van der Waals surface area (Å²) in [5.41, 5.74) is 1.24. The summed E-state index contributed by atoms with van der Waals surface area (Å²) >= 11 is 5.96. The van der Waals surface area contributed by atoms with Gasteiger partial charge in [-0.2, -0.15) is 0 Å². The monoisotopic (exact) mass is 375 g/mol. The fourth-order valence-electron chi connectivity index (χ4n) is 2.97. The normalized spacial score (nSPS) is 10.9. The Kier molecular flexibility index (Phi) is 4.70. The Morgan fingerprint density at radius 1 is 1.27 bits per heavy atom. The molecular weight excluding hydrogens is 361 g/mol. The molecule has 0 fully saturated rings. The number of carbonyl (C=O) groups is 2. The van der Waals surface area contributed by atoms with Crippen LogP contribution < -0.4 is 0 Å². The van der Waals surface area contributed by atoms with Crippen molar-refractivity contribution in [3.8, 4) is 5.75 Å². The fourth-order valence-corrected chi connectivity index (χ4v) is 3.16. The lowest BCUT2D eigenvalue weighted by atomic mass is 10.1. The fraction of sp³-hybridized carbons (Fsp3) is 0.158. The molecule has 0 bridgehead atoms. The van der Waals surface area contributed by atoms with E-state index in [-0.39, 0.29) is 22.9 Å². The highest BCUT2D eigenvalue weighted by atomic mass is 35.5. The minimum atomic E-state index is -0.887. The second kappa shape index (κ2) is 6.80. The number of halogens is 2. The molecule has 0 atom stereocenters. The quantitative estimate of drug-likeness (QED) is 0.706. The van der Waals surface area contributed by atoms with Crippen LogP contribution in [0.3, 0.4) is 0 Å². The van der Waals surface area contributed by atoms with Crippen molar-refractivity contribution in [1.82, 2.24) is 4.57 Å². The molecule has 0 saturated heterocycles. The Labute approximate surface area is 153 Å². The minimum Gasteiger partial charge on any atom is -0.505 e. The van der Waals surface area contributed by atoms with Crippen LogP contribution in [0.1, 0.15) is 21.6 Å². The summed E-state index contributed by atoms with van der Waals surface area (Å²) in [5, 5.41) is 10.1. The van der Waals surface area contributed by atoms with Crippen molar-refractivity contribution < 1.29 is 23.8 Å². The standard InChI is InChI=1S/C19H15ClFNO4/c1-10-13(9-16(24)26-2)17-14(6-7-15(23)18(17)21)22(10)19(25)11-4-3-5-12(20)8-11/h3-8,23H,9H2,1-2H3. The summed E-state index contributed by atoms with van der Waals surface area (Å²) in [4.78, 5) is 24.7. The van der Waals surface area contributed by atoms with E-state index in [1.54, 1.807) is 25.1 Å². The molecule has 26 heavy (non-hydrogen) atoms. The number of carbonyl (C=O) groups excluding carboxylic acids is 2. The molecule has 3 aromatic rings. The number of ether oxygens (including phenoxy) is 1. The lowest BCUT2D eigenvalue weighted by Crippen LogP contribution is -2.14. The van der Waals surface area contributed by atoms with Gasteiger partial charge in [-0.15, -0.1) is 0 Å². The highest BCUT2D eigenvalue weighted by Crippen LogP contribution is 2.33. The molecule has 2 aromatic carbocycles. The zero-order valence-electron chi connectivity index (χ0n) is 14.0. The summed E-state index contributed by atoms with van der Waals surface area (Å²) in [6.07, 6.45) is -0.227. The van der Waals surface area contributed by atoms with Crippen LogP contribution in [0.4, 0.5) is 4.39 Å². The number of rotatable bonds is 3. The molecule has 3 rings (SSSR count). The maximum Gasteiger partial charge on any atom is 0.310 e. The Morgan fingerprint density at radius 2 is 2.00 bits per heavy atom. The van der Waals surface area contributed by atoms with Crippen molar-refractivity contribution in [2.24, 2.45) is 0 Å². The number of hydrogen-bond acceptors (Lipinski definition) is 4. The molecular formula is C19H15ClFNO4. The van der Waals surface area contributed by atoms with Gasteiger partial charge in [0, 0.05) is 21.7 Å². The van der Waals surface area contributed by atoms with E-state index in [9.17, 15) is 19.1 Å². The van der Waals surface area contributed by atoms with E-state index < -0.39 is 23.4 Å². The largest absolute Gasteiger partial charge is 0.505 e. The van der Waals surface area contributed by atoms with E-state index in [4.69, 9.17) is 11.6 Å². The summed E-state index contributed by atoms with van der Waals surface area (Å²) in [7, 11) is 1.22. The van der Waals surface area contributed by atoms with Gasteiger partial charge >= 0.3 is 5.97 Å². The van der Waals surface area contributed by atoms with Crippen LogP contribution >= 0.6 is 11.6 Å². The van der Waals surface area contributed by atoms with E-state index in [0.717, 1.165) is 0 Å². The number of phenols is 1. The smallest absolute Gasteiger partial charge is 0.310 e. The molecule has 134 valence electrons. The van der Waals surface area contributed by atoms with Crippen molar-refractivity contribution in [2.75, 3.05) is 7.11 Å². The number of aromatic nitrogens is 1. The summed E-state index contributed by atoms with van der Waals surface area (Å²) in [6, 6.07) is 8.98. The van der Waals surface area contributed by atoms with Gasteiger partial charge in [-0.3, -0.25) is 14.2 Å². The molecule has 7 heteroatoms. The van der Waals surface area contributed by atoms with Crippen LogP contribution in [0.5, 0.6) is 5.75 Å². The maximum absolute atomic E-state index is 14.6. The first-order chi connectivity index (χ1) is 12.3. The van der Waals surface area contributed by atoms with Crippen LogP contribution in [0.25, 0.3) is 10.9 Å². The number of fused-ring (bicyclic) bond motifs is 1. The zero-order chi connectivity index (χ0) is 19.0. The van der Waals surface area contributed by atoms with E-state index in [1.807, 2.05) is 0 Å². The third kappa shape index (κ3) is 2.93. The van der Waals surface area contributed by atoms with Crippen molar-refractivity contribution in [2.45, 2.75) is 13.3 Å². The van der Waals surface area contributed by atoms with Gasteiger partial charge in [0.15, 0.2) is 11.6 Å². The Bertz CT molecular complexity index is 1040. The molecule has 0 radical (unpaired) electrons. The van der Waals surface area contributed by atoms with Crippen molar-refractivity contribution >= 4 is 34.4 Å². The summed E-state index contributed by atoms with van der Waals surface area (Å²) in [5.74, 6) is -2.44. The highest BCUT2D eigenvalue weighted by Gasteiger charge is 2.25. The lowest BCUT2D eigenvalue weighted by Gasteiger charge is -2.08. The van der Waals surface area contributed by atoms with Crippen molar-refractivity contribution in [3.63, 3.8) is 0 Å². The van der Waals surface area contributed by atoms with Crippen molar-refractivity contribution in [3.05, 3.63) is 64.1 Å². The molecule has 1 N–H and O–H groups in total. The average Bonchev–Trinajstić information content (AvgIpc) is 2.90. The highest BCUT2D eigenvalue weighted by molar-refractivity contribution is 6.31. The van der Waals surface area contributed by atoms with Gasteiger partial charge in [-0.1, -0.05) is 17.7 Å². The molecule has 0 amide bonds. The molecule has 0 unspecified atom stereocenters. The van der Waals surface area contributed by atoms with Crippen LogP contribution in [0, 0.1) is 12.7 Å².